The summed E-state index contributed by atoms with van der Waals surface area (Å²) in [5.74, 6) is 0.674. The van der Waals surface area contributed by atoms with E-state index in [-0.39, 0.29) is 29.5 Å². The molecule has 0 spiro atoms. The predicted octanol–water partition coefficient (Wildman–Crippen LogP) is 5.73. The van der Waals surface area contributed by atoms with Gasteiger partial charge < -0.3 is 19.2 Å². The second-order valence-electron chi connectivity index (χ2n) is 9.32. The van der Waals surface area contributed by atoms with Gasteiger partial charge in [-0.3, -0.25) is 9.59 Å². The molecule has 2 aromatic carbocycles. The first-order valence-corrected chi connectivity index (χ1v) is 12.7. The lowest BCUT2D eigenvalue weighted by atomic mass is 10.0. The monoisotopic (exact) mass is 500 g/mol. The maximum Gasteiger partial charge on any atom is 0.287 e. The molecule has 1 aliphatic carbocycles. The molecule has 4 aromatic rings. The summed E-state index contributed by atoms with van der Waals surface area (Å²) >= 11 is 1.57. The highest BCUT2D eigenvalue weighted by Gasteiger charge is 2.38. The van der Waals surface area contributed by atoms with Crippen LogP contribution in [0.1, 0.15) is 59.5 Å². The lowest BCUT2D eigenvalue weighted by Crippen LogP contribution is -2.32. The Kier molecular flexibility index (Phi) is 5.64. The Bertz CT molecular complexity index is 1440. The van der Waals surface area contributed by atoms with Crippen molar-refractivity contribution in [2.45, 2.75) is 48.6 Å². The highest BCUT2D eigenvalue weighted by Crippen LogP contribution is 2.46. The van der Waals surface area contributed by atoms with Gasteiger partial charge in [0.25, 0.3) is 11.8 Å². The molecule has 9 heteroatoms. The molecular weight excluding hydrogens is 476 g/mol. The molecule has 1 atom stereocenters. The van der Waals surface area contributed by atoms with Crippen molar-refractivity contribution in [2.24, 2.45) is 5.92 Å². The van der Waals surface area contributed by atoms with E-state index >= 15 is 0 Å². The van der Waals surface area contributed by atoms with Gasteiger partial charge in [-0.1, -0.05) is 42.9 Å². The Morgan fingerprint density at radius 2 is 1.94 bits per heavy atom. The van der Waals surface area contributed by atoms with E-state index in [2.05, 4.69) is 15.5 Å². The second kappa shape index (κ2) is 8.98. The third-order valence-electron chi connectivity index (χ3n) is 6.35. The molecule has 0 bridgehead atoms. The number of rotatable bonds is 6. The summed E-state index contributed by atoms with van der Waals surface area (Å²) in [6.07, 6.45) is 3.47. The number of carbonyl (C=O) groups excluding carboxylic acids is 2. The zero-order chi connectivity index (χ0) is 24.8. The molecule has 1 N–H and O–H groups in total. The number of hydrogen-bond acceptors (Lipinski definition) is 7. The van der Waals surface area contributed by atoms with Crippen molar-refractivity contribution in [3.8, 4) is 11.4 Å². The molecule has 8 nitrogen and oxygen atoms in total. The van der Waals surface area contributed by atoms with Gasteiger partial charge in [0.2, 0.25) is 11.7 Å². The molecular formula is C27H24N4O4S. The number of anilines is 1. The molecule has 0 unspecified atom stereocenters. The normalized spacial score (nSPS) is 15.9. The smallest absolute Gasteiger partial charge is 0.287 e. The molecule has 0 radical (unpaired) electrons. The minimum absolute atomic E-state index is 0.00873. The van der Waals surface area contributed by atoms with Crippen molar-refractivity contribution in [1.29, 1.82) is 0 Å². The van der Waals surface area contributed by atoms with E-state index < -0.39 is 6.04 Å². The average Bonchev–Trinajstić information content (AvgIpc) is 3.36. The van der Waals surface area contributed by atoms with Crippen molar-refractivity contribution in [3.63, 3.8) is 0 Å². The predicted molar refractivity (Wildman–Crippen MR) is 134 cm³/mol. The summed E-state index contributed by atoms with van der Waals surface area (Å²) in [7, 11) is 0. The van der Waals surface area contributed by atoms with Gasteiger partial charge in [-0.25, -0.2) is 0 Å². The highest BCUT2D eigenvalue weighted by atomic mass is 32.2. The van der Waals surface area contributed by atoms with Gasteiger partial charge in [-0.15, -0.1) is 0 Å². The standard InChI is InChI=1S/C27H24N4O4S/c1-15(2)23(28-25(32)20-7-5-13-34-20)26-29-24(30-35-26)16-9-12-19-22(14-16)36-21-8-4-3-6-18(21)27(33)31(19)17-10-11-17/h3-9,12-15,17,23H,10-11H2,1-2H3,(H,28,32)/t23-/m1/s1. The van der Waals surface area contributed by atoms with Crippen molar-refractivity contribution >= 4 is 29.3 Å². The van der Waals surface area contributed by atoms with Gasteiger partial charge in [-0.05, 0) is 61.2 Å². The summed E-state index contributed by atoms with van der Waals surface area (Å²) in [6.45, 7) is 3.94. The zero-order valence-corrected chi connectivity index (χ0v) is 20.6. The van der Waals surface area contributed by atoms with E-state index in [1.807, 2.05) is 61.2 Å². The Labute approximate surface area is 212 Å². The number of aromatic nitrogens is 2. The van der Waals surface area contributed by atoms with Crippen LogP contribution < -0.4 is 10.2 Å². The first kappa shape index (κ1) is 22.6. The number of carbonyl (C=O) groups is 2. The lowest BCUT2D eigenvalue weighted by molar-refractivity contribution is 0.0885. The van der Waals surface area contributed by atoms with Crippen LogP contribution in [0.15, 0.2) is 79.6 Å². The Balaban J connectivity index is 1.33. The molecule has 3 heterocycles. The van der Waals surface area contributed by atoms with Crippen LogP contribution in [0.3, 0.4) is 0 Å². The van der Waals surface area contributed by atoms with Gasteiger partial charge in [0.05, 0.1) is 17.5 Å². The van der Waals surface area contributed by atoms with E-state index in [1.54, 1.807) is 23.9 Å². The van der Waals surface area contributed by atoms with Gasteiger partial charge in [0.1, 0.15) is 6.04 Å². The first-order valence-electron chi connectivity index (χ1n) is 11.9. The average molecular weight is 501 g/mol. The summed E-state index contributed by atoms with van der Waals surface area (Å²) in [5, 5.41) is 7.13. The van der Waals surface area contributed by atoms with E-state index in [0.29, 0.717) is 11.7 Å². The summed E-state index contributed by atoms with van der Waals surface area (Å²) in [5.41, 5.74) is 2.40. The molecule has 36 heavy (non-hydrogen) atoms. The Morgan fingerprint density at radius 3 is 2.69 bits per heavy atom. The molecule has 2 amide bonds. The van der Waals surface area contributed by atoms with Crippen LogP contribution in [0.4, 0.5) is 5.69 Å². The summed E-state index contributed by atoms with van der Waals surface area (Å²) < 4.78 is 10.8. The molecule has 0 saturated heterocycles. The van der Waals surface area contributed by atoms with Gasteiger partial charge in [0, 0.05) is 21.4 Å². The van der Waals surface area contributed by atoms with E-state index in [4.69, 9.17) is 8.94 Å². The number of furan rings is 1. The van der Waals surface area contributed by atoms with Crippen LogP contribution in [0, 0.1) is 5.92 Å². The maximum atomic E-state index is 13.4. The number of benzene rings is 2. The first-order chi connectivity index (χ1) is 17.5. The van der Waals surface area contributed by atoms with Gasteiger partial charge >= 0.3 is 0 Å². The fourth-order valence-corrected chi connectivity index (χ4v) is 5.44. The second-order valence-corrected chi connectivity index (χ2v) is 10.4. The molecule has 182 valence electrons. The Morgan fingerprint density at radius 1 is 1.11 bits per heavy atom. The largest absolute Gasteiger partial charge is 0.459 e. The zero-order valence-electron chi connectivity index (χ0n) is 19.8. The van der Waals surface area contributed by atoms with E-state index in [0.717, 1.165) is 39.4 Å². The number of nitrogens with zero attached hydrogens (tertiary/aromatic N) is 3. The van der Waals surface area contributed by atoms with Crippen LogP contribution in [0.5, 0.6) is 0 Å². The molecule has 1 fully saturated rings. The van der Waals surface area contributed by atoms with Crippen molar-refractivity contribution in [2.75, 3.05) is 4.90 Å². The fraction of sp³-hybridized carbons (Fsp3) is 0.259. The minimum Gasteiger partial charge on any atom is -0.459 e. The Hall–Kier alpha value is -3.85. The van der Waals surface area contributed by atoms with Crippen LogP contribution in [-0.2, 0) is 0 Å². The number of amides is 2. The number of nitrogens with one attached hydrogen (secondary N) is 1. The highest BCUT2D eigenvalue weighted by molar-refractivity contribution is 7.99. The van der Waals surface area contributed by atoms with Crippen molar-refractivity contribution in [1.82, 2.24) is 15.5 Å². The minimum atomic E-state index is -0.478. The molecule has 1 saturated carbocycles. The van der Waals surface area contributed by atoms with E-state index in [1.165, 1.54) is 6.26 Å². The SMILES string of the molecule is CC(C)[C@@H](NC(=O)c1ccco1)c1nc(-c2ccc3c(c2)Sc2ccccc2C(=O)N3C2CC2)no1. The van der Waals surface area contributed by atoms with Crippen LogP contribution in [-0.4, -0.2) is 28.0 Å². The van der Waals surface area contributed by atoms with E-state index in [9.17, 15) is 9.59 Å². The lowest BCUT2D eigenvalue weighted by Gasteiger charge is -2.22. The van der Waals surface area contributed by atoms with Crippen LogP contribution in [0.25, 0.3) is 11.4 Å². The number of fused-ring (bicyclic) bond motifs is 2. The fourth-order valence-electron chi connectivity index (χ4n) is 4.33. The topological polar surface area (TPSA) is 101 Å². The number of hydrogen-bond donors (Lipinski definition) is 1. The van der Waals surface area contributed by atoms with Gasteiger partial charge in [0.15, 0.2) is 5.76 Å². The summed E-state index contributed by atoms with van der Waals surface area (Å²) in [4.78, 5) is 34.4. The third-order valence-corrected chi connectivity index (χ3v) is 7.47. The molecule has 6 rings (SSSR count). The summed E-state index contributed by atoms with van der Waals surface area (Å²) in [6, 6.07) is 16.6. The molecule has 2 aromatic heterocycles. The van der Waals surface area contributed by atoms with Crippen molar-refractivity contribution in [3.05, 3.63) is 78.1 Å². The quantitative estimate of drug-likeness (QED) is 0.361. The van der Waals surface area contributed by atoms with Crippen LogP contribution >= 0.6 is 11.8 Å². The van der Waals surface area contributed by atoms with Crippen molar-refractivity contribution < 1.29 is 18.5 Å². The third kappa shape index (κ3) is 4.09. The molecule has 2 aliphatic rings. The maximum absolute atomic E-state index is 13.4. The van der Waals surface area contributed by atoms with Gasteiger partial charge in [-0.2, -0.15) is 4.98 Å². The molecule has 1 aliphatic heterocycles. The van der Waals surface area contributed by atoms with Crippen LogP contribution in [0.2, 0.25) is 0 Å².